The average Bonchev–Trinajstić information content (AvgIpc) is 2.81. The predicted molar refractivity (Wildman–Crippen MR) is 80.5 cm³/mol. The van der Waals surface area contributed by atoms with Gasteiger partial charge in [0.25, 0.3) is 0 Å². The van der Waals surface area contributed by atoms with Crippen LogP contribution in [-0.4, -0.2) is 24.6 Å². The van der Waals surface area contributed by atoms with Gasteiger partial charge in [0.1, 0.15) is 5.82 Å². The molecule has 1 aromatic heterocycles. The van der Waals surface area contributed by atoms with Crippen LogP contribution >= 0.6 is 0 Å². The van der Waals surface area contributed by atoms with Crippen LogP contribution in [0.15, 0.2) is 30.3 Å². The zero-order valence-electron chi connectivity index (χ0n) is 11.7. The van der Waals surface area contributed by atoms with Crippen molar-refractivity contribution in [1.29, 1.82) is 0 Å². The molecular formula is C16H21N3. The van der Waals surface area contributed by atoms with Crippen LogP contribution in [0.1, 0.15) is 18.9 Å². The third-order valence-corrected chi connectivity index (χ3v) is 4.24. The third-order valence-electron chi connectivity index (χ3n) is 4.24. The molecule has 2 heterocycles. The standard InChI is InChI=1S/C16H21N3/c1-12-9-13-5-3-4-6-14(13)18-15(12)19-8-7-16(2,10-17)11-19/h3-6,9H,7-8,10-11,17H2,1-2H3. The Morgan fingerprint density at radius 1 is 1.37 bits per heavy atom. The Morgan fingerprint density at radius 2 is 2.16 bits per heavy atom. The molecule has 3 rings (SSSR count). The maximum Gasteiger partial charge on any atom is 0.132 e. The summed E-state index contributed by atoms with van der Waals surface area (Å²) in [6.07, 6.45) is 1.15. The van der Waals surface area contributed by atoms with Crippen LogP contribution in [0.5, 0.6) is 0 Å². The van der Waals surface area contributed by atoms with Crippen molar-refractivity contribution in [3.63, 3.8) is 0 Å². The minimum atomic E-state index is 0.236. The van der Waals surface area contributed by atoms with Gasteiger partial charge in [-0.25, -0.2) is 4.98 Å². The van der Waals surface area contributed by atoms with Crippen molar-refractivity contribution in [3.8, 4) is 0 Å². The van der Waals surface area contributed by atoms with Crippen molar-refractivity contribution in [2.75, 3.05) is 24.5 Å². The van der Waals surface area contributed by atoms with Gasteiger partial charge in [-0.2, -0.15) is 0 Å². The van der Waals surface area contributed by atoms with E-state index in [9.17, 15) is 0 Å². The molecular weight excluding hydrogens is 234 g/mol. The molecule has 2 N–H and O–H groups in total. The van der Waals surface area contributed by atoms with Crippen LogP contribution in [0.2, 0.25) is 0 Å². The van der Waals surface area contributed by atoms with Crippen molar-refractivity contribution in [3.05, 3.63) is 35.9 Å². The Kier molecular flexibility index (Phi) is 2.94. The highest BCUT2D eigenvalue weighted by Crippen LogP contribution is 2.33. The maximum absolute atomic E-state index is 5.89. The lowest BCUT2D eigenvalue weighted by Gasteiger charge is -2.24. The van der Waals surface area contributed by atoms with Crippen molar-refractivity contribution >= 4 is 16.7 Å². The molecule has 1 atom stereocenters. The molecule has 3 nitrogen and oxygen atoms in total. The first-order valence-corrected chi connectivity index (χ1v) is 6.93. The van der Waals surface area contributed by atoms with Gasteiger partial charge in [-0.3, -0.25) is 0 Å². The summed E-state index contributed by atoms with van der Waals surface area (Å²) in [5.41, 5.74) is 8.45. The van der Waals surface area contributed by atoms with Gasteiger partial charge in [0.2, 0.25) is 0 Å². The number of aromatic nitrogens is 1. The first-order valence-electron chi connectivity index (χ1n) is 6.93. The number of fused-ring (bicyclic) bond motifs is 1. The monoisotopic (exact) mass is 255 g/mol. The average molecular weight is 255 g/mol. The summed E-state index contributed by atoms with van der Waals surface area (Å²) in [6.45, 7) is 7.22. The highest BCUT2D eigenvalue weighted by Gasteiger charge is 2.33. The van der Waals surface area contributed by atoms with E-state index >= 15 is 0 Å². The van der Waals surface area contributed by atoms with E-state index in [0.29, 0.717) is 0 Å². The summed E-state index contributed by atoms with van der Waals surface area (Å²) in [5, 5.41) is 1.21. The van der Waals surface area contributed by atoms with E-state index in [1.54, 1.807) is 0 Å². The Balaban J connectivity index is 1.99. The van der Waals surface area contributed by atoms with Crippen molar-refractivity contribution in [1.82, 2.24) is 4.98 Å². The van der Waals surface area contributed by atoms with Crippen molar-refractivity contribution in [2.45, 2.75) is 20.3 Å². The number of para-hydroxylation sites is 1. The summed E-state index contributed by atoms with van der Waals surface area (Å²) in [4.78, 5) is 7.23. The maximum atomic E-state index is 5.89. The number of rotatable bonds is 2. The van der Waals surface area contributed by atoms with E-state index in [1.807, 2.05) is 6.07 Å². The summed E-state index contributed by atoms with van der Waals surface area (Å²) in [7, 11) is 0. The molecule has 0 bridgehead atoms. The second-order valence-corrected chi connectivity index (χ2v) is 6.01. The molecule has 0 radical (unpaired) electrons. The second kappa shape index (κ2) is 4.49. The van der Waals surface area contributed by atoms with Crippen LogP contribution < -0.4 is 10.6 Å². The first-order chi connectivity index (χ1) is 9.11. The minimum absolute atomic E-state index is 0.236. The number of aryl methyl sites for hydroxylation is 1. The molecule has 0 spiro atoms. The number of nitrogens with zero attached hydrogens (tertiary/aromatic N) is 2. The van der Waals surface area contributed by atoms with E-state index in [2.05, 4.69) is 43.0 Å². The third kappa shape index (κ3) is 2.19. The topological polar surface area (TPSA) is 42.2 Å². The smallest absolute Gasteiger partial charge is 0.132 e. The van der Waals surface area contributed by atoms with Crippen LogP contribution in [0.3, 0.4) is 0 Å². The fraction of sp³-hybridized carbons (Fsp3) is 0.438. The zero-order valence-corrected chi connectivity index (χ0v) is 11.7. The number of benzene rings is 1. The number of pyridine rings is 1. The molecule has 1 saturated heterocycles. The minimum Gasteiger partial charge on any atom is -0.356 e. The van der Waals surface area contributed by atoms with Crippen LogP contribution in [0.4, 0.5) is 5.82 Å². The quantitative estimate of drug-likeness (QED) is 0.897. The van der Waals surface area contributed by atoms with Gasteiger partial charge in [0, 0.05) is 18.5 Å². The van der Waals surface area contributed by atoms with E-state index in [4.69, 9.17) is 10.7 Å². The molecule has 1 aliphatic rings. The first kappa shape index (κ1) is 12.4. The normalized spacial score (nSPS) is 23.2. The van der Waals surface area contributed by atoms with Crippen LogP contribution in [-0.2, 0) is 0 Å². The molecule has 2 aromatic rings. The summed E-state index contributed by atoms with van der Waals surface area (Å²) < 4.78 is 0. The van der Waals surface area contributed by atoms with Crippen molar-refractivity contribution in [2.24, 2.45) is 11.1 Å². The predicted octanol–water partition coefficient (Wildman–Crippen LogP) is 2.72. The number of anilines is 1. The Morgan fingerprint density at radius 3 is 2.89 bits per heavy atom. The van der Waals surface area contributed by atoms with Crippen molar-refractivity contribution < 1.29 is 0 Å². The lowest BCUT2D eigenvalue weighted by Crippen LogP contribution is -2.31. The Bertz CT molecular complexity index is 608. The molecule has 1 unspecified atom stereocenters. The van der Waals surface area contributed by atoms with Gasteiger partial charge in [-0.05, 0) is 43.0 Å². The van der Waals surface area contributed by atoms with Gasteiger partial charge in [0.05, 0.1) is 5.52 Å². The zero-order chi connectivity index (χ0) is 13.5. The van der Waals surface area contributed by atoms with Gasteiger partial charge >= 0.3 is 0 Å². The SMILES string of the molecule is Cc1cc2ccccc2nc1N1CCC(C)(CN)C1. The van der Waals surface area contributed by atoms with Gasteiger partial charge in [-0.1, -0.05) is 25.1 Å². The fourth-order valence-electron chi connectivity index (χ4n) is 2.90. The highest BCUT2D eigenvalue weighted by molar-refractivity contribution is 5.81. The lowest BCUT2D eigenvalue weighted by atomic mass is 9.90. The molecule has 0 saturated carbocycles. The molecule has 100 valence electrons. The van der Waals surface area contributed by atoms with Crippen LogP contribution in [0.25, 0.3) is 10.9 Å². The Labute approximate surface area is 114 Å². The number of hydrogen-bond acceptors (Lipinski definition) is 3. The molecule has 3 heteroatoms. The largest absolute Gasteiger partial charge is 0.356 e. The molecule has 0 aliphatic carbocycles. The van der Waals surface area contributed by atoms with Gasteiger partial charge < -0.3 is 10.6 Å². The highest BCUT2D eigenvalue weighted by atomic mass is 15.2. The van der Waals surface area contributed by atoms with E-state index in [1.165, 1.54) is 10.9 Å². The summed E-state index contributed by atoms with van der Waals surface area (Å²) >= 11 is 0. The van der Waals surface area contributed by atoms with E-state index in [0.717, 1.165) is 37.4 Å². The van der Waals surface area contributed by atoms with E-state index < -0.39 is 0 Å². The van der Waals surface area contributed by atoms with Gasteiger partial charge in [0.15, 0.2) is 0 Å². The van der Waals surface area contributed by atoms with Crippen LogP contribution in [0, 0.1) is 12.3 Å². The molecule has 1 aliphatic heterocycles. The fourth-order valence-corrected chi connectivity index (χ4v) is 2.90. The Hall–Kier alpha value is -1.61. The summed E-state index contributed by atoms with van der Waals surface area (Å²) in [6, 6.07) is 10.5. The molecule has 0 amide bonds. The summed E-state index contributed by atoms with van der Waals surface area (Å²) in [5.74, 6) is 1.12. The molecule has 1 aromatic carbocycles. The molecule has 1 fully saturated rings. The van der Waals surface area contributed by atoms with E-state index in [-0.39, 0.29) is 5.41 Å². The number of hydrogen-bond donors (Lipinski definition) is 1. The van der Waals surface area contributed by atoms with Gasteiger partial charge in [-0.15, -0.1) is 0 Å². The number of nitrogens with two attached hydrogens (primary N) is 1. The molecule has 19 heavy (non-hydrogen) atoms. The lowest BCUT2D eigenvalue weighted by molar-refractivity contribution is 0.383. The second-order valence-electron chi connectivity index (χ2n) is 6.01.